The van der Waals surface area contributed by atoms with Gasteiger partial charge in [0, 0.05) is 30.9 Å². The molecule has 0 aromatic heterocycles. The first-order valence-electron chi connectivity index (χ1n) is 12.8. The smallest absolute Gasteiger partial charge is 0.407 e. The van der Waals surface area contributed by atoms with E-state index in [1.807, 2.05) is 32.6 Å². The number of hydrogen-bond donors (Lipinski definition) is 4. The number of benzene rings is 1. The fraction of sp³-hybridized carbons (Fsp3) is 0.536. The number of nitrogens with one attached hydrogen (secondary N) is 2. The van der Waals surface area contributed by atoms with Crippen molar-refractivity contribution in [2.45, 2.75) is 65.6 Å². The summed E-state index contributed by atoms with van der Waals surface area (Å²) in [5, 5.41) is 23.7. The zero-order valence-electron chi connectivity index (χ0n) is 22.5. The Hall–Kier alpha value is -3.17. The van der Waals surface area contributed by atoms with Gasteiger partial charge in [-0.25, -0.2) is 4.79 Å². The third-order valence-corrected chi connectivity index (χ3v) is 6.12. The number of piperidine rings is 1. The number of amides is 3. The Bertz CT molecular complexity index is 1000. The molecule has 1 unspecified atom stereocenters. The van der Waals surface area contributed by atoms with Gasteiger partial charge in [-0.15, -0.1) is 0 Å². The van der Waals surface area contributed by atoms with Crippen LogP contribution in [0.25, 0.3) is 0 Å². The Morgan fingerprint density at radius 1 is 1.22 bits per heavy atom. The first-order valence-corrected chi connectivity index (χ1v) is 12.8. The normalized spacial score (nSPS) is 16.2. The molecule has 1 aliphatic heterocycles. The van der Waals surface area contributed by atoms with E-state index in [0.29, 0.717) is 36.8 Å². The van der Waals surface area contributed by atoms with Crippen LogP contribution in [0.3, 0.4) is 0 Å². The summed E-state index contributed by atoms with van der Waals surface area (Å²) in [5.41, 5.74) is 2.58. The molecule has 2 rings (SSSR count). The third-order valence-electron chi connectivity index (χ3n) is 6.12. The molecular weight excluding hydrogens is 474 g/mol. The third kappa shape index (κ3) is 9.66. The highest BCUT2D eigenvalue weighted by Crippen LogP contribution is 2.28. The summed E-state index contributed by atoms with van der Waals surface area (Å²) >= 11 is 0. The molecule has 0 saturated carbocycles. The number of hydrogen-bond acceptors (Lipinski definition) is 6. The maximum Gasteiger partial charge on any atom is 0.407 e. The fourth-order valence-electron chi connectivity index (χ4n) is 4.09. The summed E-state index contributed by atoms with van der Waals surface area (Å²) in [6.07, 6.45) is 4.72. The second kappa shape index (κ2) is 13.9. The Morgan fingerprint density at radius 3 is 2.46 bits per heavy atom. The van der Waals surface area contributed by atoms with Crippen molar-refractivity contribution in [1.29, 1.82) is 0 Å². The van der Waals surface area contributed by atoms with E-state index >= 15 is 0 Å². The van der Waals surface area contributed by atoms with Crippen LogP contribution in [0.5, 0.6) is 0 Å². The molecule has 1 saturated heterocycles. The zero-order chi connectivity index (χ0) is 27.6. The van der Waals surface area contributed by atoms with Gasteiger partial charge in [0.2, 0.25) is 0 Å². The van der Waals surface area contributed by atoms with E-state index in [2.05, 4.69) is 29.7 Å². The van der Waals surface area contributed by atoms with Crippen molar-refractivity contribution in [3.05, 3.63) is 53.1 Å². The van der Waals surface area contributed by atoms with Crippen LogP contribution in [0.15, 0.2) is 47.6 Å². The van der Waals surface area contributed by atoms with Crippen LogP contribution >= 0.6 is 0 Å². The minimum absolute atomic E-state index is 0.120. The van der Waals surface area contributed by atoms with E-state index in [9.17, 15) is 19.5 Å². The van der Waals surface area contributed by atoms with Crippen LogP contribution in [0.2, 0.25) is 0 Å². The van der Waals surface area contributed by atoms with Gasteiger partial charge in [-0.1, -0.05) is 30.7 Å². The summed E-state index contributed by atoms with van der Waals surface area (Å²) in [5.74, 6) is -0.541. The molecule has 0 bridgehead atoms. The van der Waals surface area contributed by atoms with Crippen molar-refractivity contribution in [3.8, 4) is 0 Å². The summed E-state index contributed by atoms with van der Waals surface area (Å²) < 4.78 is 5.32. The number of aliphatic hydroxyl groups excluding tert-OH is 2. The molecule has 0 aliphatic carbocycles. The quantitative estimate of drug-likeness (QED) is 0.372. The lowest BCUT2D eigenvalue weighted by Crippen LogP contribution is -2.39. The highest BCUT2D eigenvalue weighted by atomic mass is 16.6. The van der Waals surface area contributed by atoms with Crippen LogP contribution in [-0.4, -0.2) is 71.0 Å². The van der Waals surface area contributed by atoms with Gasteiger partial charge in [0.15, 0.2) is 6.10 Å². The lowest BCUT2D eigenvalue weighted by molar-refractivity contribution is -0.125. The number of ether oxygens (including phenoxy) is 1. The number of aliphatic hydroxyl groups is 2. The predicted octanol–water partition coefficient (Wildman–Crippen LogP) is 3.64. The molecule has 4 N–H and O–H groups in total. The number of allylic oxidation sites excluding steroid dienone is 3. The lowest BCUT2D eigenvalue weighted by atomic mass is 9.87. The molecule has 0 spiro atoms. The van der Waals surface area contributed by atoms with E-state index in [0.717, 1.165) is 24.8 Å². The SMILES string of the molecule is CC=C(C=C(CC)CNC(=O)OC(C)(C)C)C1CCN(C(=O)c2cccc(NC(=O)C(O)CO)c2)CC1. The predicted molar refractivity (Wildman–Crippen MR) is 143 cm³/mol. The average molecular weight is 516 g/mol. The van der Waals surface area contributed by atoms with Crippen LogP contribution in [0.4, 0.5) is 10.5 Å². The molecule has 9 heteroatoms. The first kappa shape index (κ1) is 30.1. The number of rotatable bonds is 9. The van der Waals surface area contributed by atoms with Crippen molar-refractivity contribution < 1.29 is 29.3 Å². The largest absolute Gasteiger partial charge is 0.444 e. The molecular formula is C28H41N3O6. The van der Waals surface area contributed by atoms with E-state index in [1.165, 1.54) is 5.57 Å². The molecule has 1 heterocycles. The Balaban J connectivity index is 1.97. The van der Waals surface area contributed by atoms with Crippen molar-refractivity contribution in [1.82, 2.24) is 10.2 Å². The Labute approximate surface area is 219 Å². The highest BCUT2D eigenvalue weighted by molar-refractivity contribution is 5.98. The summed E-state index contributed by atoms with van der Waals surface area (Å²) in [6.45, 7) is 10.5. The maximum absolute atomic E-state index is 13.1. The van der Waals surface area contributed by atoms with Gasteiger partial charge in [-0.2, -0.15) is 0 Å². The minimum atomic E-state index is -1.52. The molecule has 3 amide bonds. The topological polar surface area (TPSA) is 128 Å². The molecule has 1 aliphatic rings. The standard InChI is InChI=1S/C28H41N3O6/c1-6-19(17-29-27(36)37-28(3,4)5)15-20(7-2)21-11-13-31(14-12-21)26(35)22-9-8-10-23(16-22)30-25(34)24(33)18-32/h7-10,15-16,21,24,32-33H,6,11-14,17-18H2,1-5H3,(H,29,36)(H,30,34). The summed E-state index contributed by atoms with van der Waals surface area (Å²) in [6, 6.07) is 6.56. The van der Waals surface area contributed by atoms with Crippen LogP contribution in [0, 0.1) is 5.92 Å². The van der Waals surface area contributed by atoms with Gasteiger partial charge >= 0.3 is 6.09 Å². The zero-order valence-corrected chi connectivity index (χ0v) is 22.5. The minimum Gasteiger partial charge on any atom is -0.444 e. The second-order valence-electron chi connectivity index (χ2n) is 10.1. The number of alkyl carbamates (subject to hydrolysis) is 1. The molecule has 1 aromatic rings. The van der Waals surface area contributed by atoms with E-state index in [1.54, 1.807) is 24.3 Å². The Kier molecular flexibility index (Phi) is 11.3. The van der Waals surface area contributed by atoms with E-state index < -0.39 is 30.3 Å². The van der Waals surface area contributed by atoms with Gasteiger partial charge in [0.05, 0.1) is 6.61 Å². The van der Waals surface area contributed by atoms with Gasteiger partial charge in [-0.3, -0.25) is 9.59 Å². The summed E-state index contributed by atoms with van der Waals surface area (Å²) in [4.78, 5) is 38.7. The van der Waals surface area contributed by atoms with Gasteiger partial charge in [-0.05, 0) is 76.6 Å². The van der Waals surface area contributed by atoms with Crippen LogP contribution < -0.4 is 10.6 Å². The molecule has 1 aromatic carbocycles. The number of anilines is 1. The van der Waals surface area contributed by atoms with Gasteiger partial charge < -0.3 is 30.5 Å². The molecule has 1 atom stereocenters. The summed E-state index contributed by atoms with van der Waals surface area (Å²) in [7, 11) is 0. The second-order valence-corrected chi connectivity index (χ2v) is 10.1. The lowest BCUT2D eigenvalue weighted by Gasteiger charge is -2.33. The van der Waals surface area contributed by atoms with E-state index in [4.69, 9.17) is 9.84 Å². The van der Waals surface area contributed by atoms with Crippen LogP contribution in [-0.2, 0) is 9.53 Å². The van der Waals surface area contributed by atoms with Crippen molar-refractivity contribution >= 4 is 23.6 Å². The van der Waals surface area contributed by atoms with Crippen molar-refractivity contribution in [2.24, 2.45) is 5.92 Å². The maximum atomic E-state index is 13.1. The number of nitrogens with zero attached hydrogens (tertiary/aromatic N) is 1. The molecule has 1 fully saturated rings. The van der Waals surface area contributed by atoms with E-state index in [-0.39, 0.29) is 5.91 Å². The monoisotopic (exact) mass is 515 g/mol. The molecule has 0 radical (unpaired) electrons. The number of likely N-dealkylation sites (tertiary alicyclic amines) is 1. The fourth-order valence-corrected chi connectivity index (χ4v) is 4.09. The Morgan fingerprint density at radius 2 is 1.89 bits per heavy atom. The average Bonchev–Trinajstić information content (AvgIpc) is 2.87. The molecule has 37 heavy (non-hydrogen) atoms. The van der Waals surface area contributed by atoms with Gasteiger partial charge in [0.25, 0.3) is 11.8 Å². The highest BCUT2D eigenvalue weighted by Gasteiger charge is 2.25. The van der Waals surface area contributed by atoms with Crippen molar-refractivity contribution in [2.75, 3.05) is 31.6 Å². The number of carbonyl (C=O) groups is 3. The number of carbonyl (C=O) groups excluding carboxylic acids is 3. The molecule has 9 nitrogen and oxygen atoms in total. The van der Waals surface area contributed by atoms with Crippen molar-refractivity contribution in [3.63, 3.8) is 0 Å². The molecule has 204 valence electrons. The van der Waals surface area contributed by atoms with Gasteiger partial charge in [0.1, 0.15) is 5.60 Å². The van der Waals surface area contributed by atoms with Crippen LogP contribution in [0.1, 0.15) is 64.2 Å². The first-order chi connectivity index (χ1) is 17.5.